The zero-order chi connectivity index (χ0) is 16.7. The summed E-state index contributed by atoms with van der Waals surface area (Å²) in [6, 6.07) is 8.88. The number of hydrogen-bond acceptors (Lipinski definition) is 5. The summed E-state index contributed by atoms with van der Waals surface area (Å²) in [5, 5.41) is 2.68. The van der Waals surface area contributed by atoms with E-state index in [0.29, 0.717) is 12.8 Å². The fraction of sp³-hybridized carbons (Fsp3) is 0.471. The molecule has 0 saturated heterocycles. The van der Waals surface area contributed by atoms with E-state index in [0.717, 1.165) is 5.56 Å². The van der Waals surface area contributed by atoms with Crippen LogP contribution in [-0.2, 0) is 25.7 Å². The van der Waals surface area contributed by atoms with Crippen LogP contribution >= 0.6 is 0 Å². The third kappa shape index (κ3) is 5.09. The second-order valence-electron chi connectivity index (χ2n) is 5.45. The summed E-state index contributed by atoms with van der Waals surface area (Å²) >= 11 is 0. The molecule has 0 spiro atoms. The number of benzene rings is 1. The van der Waals surface area contributed by atoms with Gasteiger partial charge in [-0.1, -0.05) is 30.3 Å². The Morgan fingerprint density at radius 2 is 1.96 bits per heavy atom. The third-order valence-corrected chi connectivity index (χ3v) is 3.77. The minimum atomic E-state index is -0.638. The maximum Gasteiger partial charge on any atom is 0.407 e. The molecule has 6 heteroatoms. The Bertz CT molecular complexity index is 557. The molecule has 1 aromatic carbocycles. The lowest BCUT2D eigenvalue weighted by Crippen LogP contribution is -2.47. The minimum absolute atomic E-state index is 0.0127. The summed E-state index contributed by atoms with van der Waals surface area (Å²) in [5.41, 5.74) is 0.878. The topological polar surface area (TPSA) is 81.7 Å². The Kier molecular flexibility index (Phi) is 6.14. The van der Waals surface area contributed by atoms with Crippen molar-refractivity contribution in [1.82, 2.24) is 5.32 Å². The molecule has 1 aromatic rings. The van der Waals surface area contributed by atoms with Crippen LogP contribution in [0.4, 0.5) is 4.79 Å². The standard InChI is InChI=1S/C17H21NO5/c1-2-22-16(20)14-10-13(19)8-9-15(14)18-17(21)23-11-12-6-4-3-5-7-12/h3-7,14-15H,2,8-11H2,1H3,(H,18,21)/t14-,15+/m0/s1. The number of ketones is 1. The van der Waals surface area contributed by atoms with Crippen molar-refractivity contribution >= 4 is 17.8 Å². The van der Waals surface area contributed by atoms with Crippen molar-refractivity contribution in [2.75, 3.05) is 6.61 Å². The molecule has 1 aliphatic rings. The number of rotatable bonds is 5. The Hall–Kier alpha value is -2.37. The van der Waals surface area contributed by atoms with E-state index >= 15 is 0 Å². The van der Waals surface area contributed by atoms with Crippen LogP contribution < -0.4 is 5.32 Å². The van der Waals surface area contributed by atoms with Crippen molar-refractivity contribution in [2.45, 2.75) is 38.8 Å². The van der Waals surface area contributed by atoms with E-state index in [9.17, 15) is 14.4 Å². The van der Waals surface area contributed by atoms with Crippen molar-refractivity contribution in [1.29, 1.82) is 0 Å². The Morgan fingerprint density at radius 1 is 1.22 bits per heavy atom. The highest BCUT2D eigenvalue weighted by Gasteiger charge is 2.36. The predicted octanol–water partition coefficient (Wildman–Crippen LogP) is 2.21. The number of ether oxygens (including phenoxy) is 2. The summed E-state index contributed by atoms with van der Waals surface area (Å²) in [5.74, 6) is -1.08. The van der Waals surface area contributed by atoms with E-state index in [4.69, 9.17) is 9.47 Å². The van der Waals surface area contributed by atoms with Crippen LogP contribution in [0.5, 0.6) is 0 Å². The largest absolute Gasteiger partial charge is 0.466 e. The van der Waals surface area contributed by atoms with E-state index in [2.05, 4.69) is 5.32 Å². The molecule has 6 nitrogen and oxygen atoms in total. The van der Waals surface area contributed by atoms with Crippen LogP contribution in [0.15, 0.2) is 30.3 Å². The van der Waals surface area contributed by atoms with Gasteiger partial charge in [0.1, 0.15) is 12.4 Å². The smallest absolute Gasteiger partial charge is 0.407 e. The lowest BCUT2D eigenvalue weighted by atomic mass is 9.84. The van der Waals surface area contributed by atoms with Gasteiger partial charge >= 0.3 is 12.1 Å². The van der Waals surface area contributed by atoms with Gasteiger partial charge in [-0.3, -0.25) is 9.59 Å². The Morgan fingerprint density at radius 3 is 2.65 bits per heavy atom. The average Bonchev–Trinajstić information content (AvgIpc) is 2.56. The molecule has 124 valence electrons. The third-order valence-electron chi connectivity index (χ3n) is 3.77. The highest BCUT2D eigenvalue weighted by Crippen LogP contribution is 2.23. The van der Waals surface area contributed by atoms with Gasteiger partial charge < -0.3 is 14.8 Å². The number of carbonyl (C=O) groups is 3. The van der Waals surface area contributed by atoms with Crippen molar-refractivity contribution in [3.05, 3.63) is 35.9 Å². The van der Waals surface area contributed by atoms with Gasteiger partial charge in [0, 0.05) is 18.9 Å². The fourth-order valence-corrected chi connectivity index (χ4v) is 2.59. The van der Waals surface area contributed by atoms with Gasteiger partial charge in [-0.15, -0.1) is 0 Å². The van der Waals surface area contributed by atoms with Gasteiger partial charge in [-0.05, 0) is 18.9 Å². The first kappa shape index (κ1) is 17.0. The number of esters is 1. The summed E-state index contributed by atoms with van der Waals surface area (Å²) in [6.07, 6.45) is 0.271. The molecule has 0 heterocycles. The molecule has 1 N–H and O–H groups in total. The Labute approximate surface area is 135 Å². The first-order chi connectivity index (χ1) is 11.1. The number of hydrogen-bond donors (Lipinski definition) is 1. The van der Waals surface area contributed by atoms with Crippen LogP contribution in [0.25, 0.3) is 0 Å². The minimum Gasteiger partial charge on any atom is -0.466 e. The van der Waals surface area contributed by atoms with Crippen LogP contribution in [0, 0.1) is 5.92 Å². The first-order valence-corrected chi connectivity index (χ1v) is 7.75. The summed E-state index contributed by atoms with van der Waals surface area (Å²) in [6.45, 7) is 2.11. The summed E-state index contributed by atoms with van der Waals surface area (Å²) in [7, 11) is 0. The molecule has 0 unspecified atom stereocenters. The van der Waals surface area contributed by atoms with Gasteiger partial charge in [0.2, 0.25) is 0 Å². The van der Waals surface area contributed by atoms with E-state index in [-0.39, 0.29) is 25.4 Å². The highest BCUT2D eigenvalue weighted by molar-refractivity contribution is 5.87. The molecule has 1 saturated carbocycles. The van der Waals surface area contributed by atoms with Crippen LogP contribution in [-0.4, -0.2) is 30.5 Å². The van der Waals surface area contributed by atoms with E-state index < -0.39 is 24.0 Å². The molecule has 1 fully saturated rings. The van der Waals surface area contributed by atoms with Gasteiger partial charge in [-0.2, -0.15) is 0 Å². The molecule has 23 heavy (non-hydrogen) atoms. The van der Waals surface area contributed by atoms with Crippen LogP contribution in [0.1, 0.15) is 31.7 Å². The van der Waals surface area contributed by atoms with Gasteiger partial charge in [0.15, 0.2) is 0 Å². The maximum absolute atomic E-state index is 11.9. The molecule has 2 rings (SSSR count). The SMILES string of the molecule is CCOC(=O)[C@H]1CC(=O)CC[C@H]1NC(=O)OCc1ccccc1. The quantitative estimate of drug-likeness (QED) is 0.842. The molecular weight excluding hydrogens is 298 g/mol. The number of Topliss-reactive ketones (excluding diaryl/α,β-unsaturated/α-hetero) is 1. The van der Waals surface area contributed by atoms with Gasteiger partial charge in [0.05, 0.1) is 12.5 Å². The average molecular weight is 319 g/mol. The van der Waals surface area contributed by atoms with E-state index in [1.165, 1.54) is 0 Å². The molecular formula is C17H21NO5. The maximum atomic E-state index is 11.9. The van der Waals surface area contributed by atoms with Gasteiger partial charge in [0.25, 0.3) is 0 Å². The summed E-state index contributed by atoms with van der Waals surface area (Å²) in [4.78, 5) is 35.4. The molecule has 0 bridgehead atoms. The first-order valence-electron chi connectivity index (χ1n) is 7.75. The van der Waals surface area contributed by atoms with Crippen molar-refractivity contribution in [3.63, 3.8) is 0 Å². The zero-order valence-corrected chi connectivity index (χ0v) is 13.1. The van der Waals surface area contributed by atoms with Crippen molar-refractivity contribution in [3.8, 4) is 0 Å². The van der Waals surface area contributed by atoms with Crippen molar-refractivity contribution < 1.29 is 23.9 Å². The number of alkyl carbamates (subject to hydrolysis) is 1. The monoisotopic (exact) mass is 319 g/mol. The molecule has 2 atom stereocenters. The molecule has 1 aliphatic carbocycles. The lowest BCUT2D eigenvalue weighted by Gasteiger charge is -2.29. The van der Waals surface area contributed by atoms with Crippen LogP contribution in [0.3, 0.4) is 0 Å². The number of carbonyl (C=O) groups excluding carboxylic acids is 3. The molecule has 0 aliphatic heterocycles. The van der Waals surface area contributed by atoms with E-state index in [1.54, 1.807) is 6.92 Å². The second-order valence-corrected chi connectivity index (χ2v) is 5.45. The zero-order valence-electron chi connectivity index (χ0n) is 13.1. The molecule has 0 radical (unpaired) electrons. The summed E-state index contributed by atoms with van der Waals surface area (Å²) < 4.78 is 10.1. The van der Waals surface area contributed by atoms with E-state index in [1.807, 2.05) is 30.3 Å². The van der Waals surface area contributed by atoms with Crippen molar-refractivity contribution in [2.24, 2.45) is 5.92 Å². The normalized spacial score (nSPS) is 20.7. The number of amides is 1. The second kappa shape index (κ2) is 8.31. The van der Waals surface area contributed by atoms with Crippen LogP contribution in [0.2, 0.25) is 0 Å². The lowest BCUT2D eigenvalue weighted by molar-refractivity contribution is -0.152. The fourth-order valence-electron chi connectivity index (χ4n) is 2.59. The Balaban J connectivity index is 1.89. The number of nitrogens with one attached hydrogen (secondary N) is 1. The molecule has 1 amide bonds. The highest BCUT2D eigenvalue weighted by atomic mass is 16.5. The van der Waals surface area contributed by atoms with Gasteiger partial charge in [-0.25, -0.2) is 4.79 Å². The molecule has 0 aromatic heterocycles. The predicted molar refractivity (Wildman–Crippen MR) is 82.5 cm³/mol.